The molecule has 1 aliphatic heterocycles. The van der Waals surface area contributed by atoms with Crippen LogP contribution in [0.25, 0.3) is 0 Å². The largest absolute Gasteiger partial charge is 0.475 e. The van der Waals surface area contributed by atoms with Crippen LogP contribution in [0.5, 0.6) is 5.88 Å². The van der Waals surface area contributed by atoms with Crippen molar-refractivity contribution in [2.75, 3.05) is 24.4 Å². The first-order chi connectivity index (χ1) is 13.7. The highest BCUT2D eigenvalue weighted by Crippen LogP contribution is 2.26. The highest BCUT2D eigenvalue weighted by Gasteiger charge is 2.28. The number of hydrogen-bond acceptors (Lipinski definition) is 7. The molecule has 1 aromatic heterocycles. The average Bonchev–Trinajstić information content (AvgIpc) is 2.58. The van der Waals surface area contributed by atoms with E-state index < -0.39 is 27.9 Å². The molecule has 3 rings (SSSR count). The molecule has 0 saturated carbocycles. The summed E-state index contributed by atoms with van der Waals surface area (Å²) in [7, 11) is -3.75. The van der Waals surface area contributed by atoms with E-state index in [1.165, 1.54) is 29.4 Å². The number of aromatic nitrogens is 2. The van der Waals surface area contributed by atoms with Gasteiger partial charge in [-0.25, -0.2) is 13.8 Å². The molecule has 1 atom stereocenters. The fourth-order valence-corrected chi connectivity index (χ4v) is 4.39. The number of benzene rings is 1. The van der Waals surface area contributed by atoms with Gasteiger partial charge in [-0.3, -0.25) is 4.72 Å². The summed E-state index contributed by atoms with van der Waals surface area (Å²) in [5.41, 5.74) is 0.122. The van der Waals surface area contributed by atoms with E-state index in [0.29, 0.717) is 13.1 Å². The molecular weight excluding hydrogens is 426 g/mol. The quantitative estimate of drug-likeness (QED) is 0.449. The Morgan fingerprint density at radius 2 is 2.10 bits per heavy atom. The van der Waals surface area contributed by atoms with Crippen LogP contribution in [0.2, 0.25) is 0 Å². The molecule has 1 aliphatic rings. The van der Waals surface area contributed by atoms with Crippen molar-refractivity contribution in [2.45, 2.75) is 30.4 Å². The average molecular weight is 447 g/mol. The minimum Gasteiger partial charge on any atom is -0.475 e. The molecule has 1 aromatic carbocycles. The maximum absolute atomic E-state index is 13.9. The van der Waals surface area contributed by atoms with Crippen molar-refractivity contribution in [3.63, 3.8) is 0 Å². The molecule has 8 nitrogen and oxygen atoms in total. The Labute approximate surface area is 171 Å². The van der Waals surface area contributed by atoms with Crippen molar-refractivity contribution >= 4 is 27.8 Å². The molecule has 12 heteroatoms. The third-order valence-corrected chi connectivity index (χ3v) is 6.34. The van der Waals surface area contributed by atoms with Crippen LogP contribution in [-0.2, 0) is 16.0 Å². The standard InChI is InChI=1S/C17H20F2N4O4S2/c1-11(24)9-27-15-8-14(22-29(25,26)23-6-3-7-23)20-17(21-15)28-10-12-4-2-5-13(18)16(12)19/h2,4-5,8,11,24H,3,6-7,9-10H2,1H3,(H,20,21,22)/t11-/m1/s1. The smallest absolute Gasteiger partial charge is 0.302 e. The third kappa shape index (κ3) is 5.75. The summed E-state index contributed by atoms with van der Waals surface area (Å²) in [5.74, 6) is -1.86. The van der Waals surface area contributed by atoms with Crippen molar-refractivity contribution in [1.29, 1.82) is 0 Å². The Balaban J connectivity index is 1.80. The zero-order chi connectivity index (χ0) is 21.0. The first-order valence-electron chi connectivity index (χ1n) is 8.78. The van der Waals surface area contributed by atoms with Gasteiger partial charge in [-0.15, -0.1) is 0 Å². The zero-order valence-corrected chi connectivity index (χ0v) is 17.1. The van der Waals surface area contributed by atoms with E-state index in [9.17, 15) is 22.3 Å². The van der Waals surface area contributed by atoms with Gasteiger partial charge in [0.2, 0.25) is 5.88 Å². The molecule has 0 unspecified atom stereocenters. The van der Waals surface area contributed by atoms with Gasteiger partial charge in [0.1, 0.15) is 12.4 Å². The normalized spacial score (nSPS) is 15.6. The minimum atomic E-state index is -3.75. The molecule has 0 aliphatic carbocycles. The predicted molar refractivity (Wildman–Crippen MR) is 104 cm³/mol. The van der Waals surface area contributed by atoms with E-state index in [1.807, 2.05) is 0 Å². The summed E-state index contributed by atoms with van der Waals surface area (Å²) in [5, 5.41) is 9.50. The Morgan fingerprint density at radius 3 is 2.76 bits per heavy atom. The molecule has 1 saturated heterocycles. The second kappa shape index (κ2) is 9.20. The number of hydrogen-bond donors (Lipinski definition) is 2. The van der Waals surface area contributed by atoms with Gasteiger partial charge in [-0.2, -0.15) is 17.7 Å². The van der Waals surface area contributed by atoms with Crippen LogP contribution >= 0.6 is 11.8 Å². The van der Waals surface area contributed by atoms with Crippen molar-refractivity contribution in [2.24, 2.45) is 0 Å². The number of rotatable bonds is 9. The fourth-order valence-electron chi connectivity index (χ4n) is 2.33. The first kappa shape index (κ1) is 21.7. The van der Waals surface area contributed by atoms with Gasteiger partial charge < -0.3 is 9.84 Å². The molecule has 1 fully saturated rings. The van der Waals surface area contributed by atoms with E-state index in [0.717, 1.165) is 24.2 Å². The van der Waals surface area contributed by atoms with E-state index in [2.05, 4.69) is 14.7 Å². The summed E-state index contributed by atoms with van der Waals surface area (Å²) >= 11 is 0.993. The lowest BCUT2D eigenvalue weighted by atomic mass is 10.2. The molecule has 2 N–H and O–H groups in total. The summed E-state index contributed by atoms with van der Waals surface area (Å²) in [6.45, 7) is 2.31. The van der Waals surface area contributed by atoms with Crippen LogP contribution in [-0.4, -0.2) is 53.6 Å². The van der Waals surface area contributed by atoms with E-state index >= 15 is 0 Å². The highest BCUT2D eigenvalue weighted by molar-refractivity contribution is 7.98. The number of halogens is 2. The Bertz CT molecular complexity index is 972. The lowest BCUT2D eigenvalue weighted by Crippen LogP contribution is -2.45. The molecule has 0 spiro atoms. The van der Waals surface area contributed by atoms with E-state index in [1.54, 1.807) is 0 Å². The Morgan fingerprint density at radius 1 is 1.34 bits per heavy atom. The molecule has 158 valence electrons. The number of thioether (sulfide) groups is 1. The van der Waals surface area contributed by atoms with Gasteiger partial charge in [0.15, 0.2) is 16.8 Å². The van der Waals surface area contributed by atoms with E-state index in [-0.39, 0.29) is 34.8 Å². The van der Waals surface area contributed by atoms with Crippen LogP contribution in [0.1, 0.15) is 18.9 Å². The Kier molecular flexibility index (Phi) is 6.88. The van der Waals surface area contributed by atoms with Crippen molar-refractivity contribution in [1.82, 2.24) is 14.3 Å². The lowest BCUT2D eigenvalue weighted by molar-refractivity contribution is 0.119. The molecule has 2 heterocycles. The number of nitrogens with zero attached hydrogens (tertiary/aromatic N) is 3. The highest BCUT2D eigenvalue weighted by atomic mass is 32.2. The maximum atomic E-state index is 13.9. The summed E-state index contributed by atoms with van der Waals surface area (Å²) in [4.78, 5) is 8.27. The molecule has 0 bridgehead atoms. The van der Waals surface area contributed by atoms with Crippen molar-refractivity contribution in [3.8, 4) is 5.88 Å². The number of ether oxygens (including phenoxy) is 1. The van der Waals surface area contributed by atoms with E-state index in [4.69, 9.17) is 4.74 Å². The summed E-state index contributed by atoms with van der Waals surface area (Å²) < 4.78 is 60.8. The maximum Gasteiger partial charge on any atom is 0.302 e. The second-order valence-corrected chi connectivity index (χ2v) is 9.01. The third-order valence-electron chi connectivity index (χ3n) is 3.93. The van der Waals surface area contributed by atoms with Gasteiger partial charge in [-0.05, 0) is 19.4 Å². The minimum absolute atomic E-state index is 0.0188. The van der Waals surface area contributed by atoms with Crippen LogP contribution in [0.3, 0.4) is 0 Å². The molecule has 0 amide bonds. The van der Waals surface area contributed by atoms with Gasteiger partial charge in [-0.1, -0.05) is 23.9 Å². The summed E-state index contributed by atoms with van der Waals surface area (Å²) in [6.07, 6.45) is 0.0250. The lowest BCUT2D eigenvalue weighted by Gasteiger charge is -2.29. The van der Waals surface area contributed by atoms with Crippen LogP contribution < -0.4 is 9.46 Å². The van der Waals surface area contributed by atoms with Crippen molar-refractivity contribution < 1.29 is 27.0 Å². The molecule has 0 radical (unpaired) electrons. The Hall–Kier alpha value is -2.02. The zero-order valence-electron chi connectivity index (χ0n) is 15.5. The number of aliphatic hydroxyl groups excluding tert-OH is 1. The topological polar surface area (TPSA) is 105 Å². The monoisotopic (exact) mass is 446 g/mol. The predicted octanol–water partition coefficient (Wildman–Crippen LogP) is 2.17. The van der Waals surface area contributed by atoms with Crippen LogP contribution in [0.15, 0.2) is 29.4 Å². The fraction of sp³-hybridized carbons (Fsp3) is 0.412. The summed E-state index contributed by atoms with van der Waals surface area (Å²) in [6, 6.07) is 5.15. The van der Waals surface area contributed by atoms with Crippen molar-refractivity contribution in [3.05, 3.63) is 41.5 Å². The molecule has 2 aromatic rings. The number of anilines is 1. The van der Waals surface area contributed by atoms with Gasteiger partial charge >= 0.3 is 10.2 Å². The van der Waals surface area contributed by atoms with Gasteiger partial charge in [0, 0.05) is 30.5 Å². The SMILES string of the molecule is C[C@@H](O)COc1cc(NS(=O)(=O)N2CCC2)nc(SCc2cccc(F)c2F)n1. The molecular formula is C17H20F2N4O4S2. The van der Waals surface area contributed by atoms with Crippen LogP contribution in [0, 0.1) is 11.6 Å². The molecule has 29 heavy (non-hydrogen) atoms. The van der Waals surface area contributed by atoms with Gasteiger partial charge in [0.25, 0.3) is 0 Å². The second-order valence-electron chi connectivity index (χ2n) is 6.40. The van der Waals surface area contributed by atoms with Gasteiger partial charge in [0.05, 0.1) is 6.10 Å². The first-order valence-corrected chi connectivity index (χ1v) is 11.2. The van der Waals surface area contributed by atoms with Crippen LogP contribution in [0.4, 0.5) is 14.6 Å². The number of aliphatic hydroxyl groups is 1. The number of nitrogens with one attached hydrogen (secondary N) is 1.